The van der Waals surface area contributed by atoms with E-state index < -0.39 is 0 Å². The molecule has 2 heterocycles. The van der Waals surface area contributed by atoms with Crippen molar-refractivity contribution in [3.05, 3.63) is 10.8 Å². The molecule has 6 nitrogen and oxygen atoms in total. The minimum atomic E-state index is -0.213. The Bertz CT molecular complexity index is 403. The lowest BCUT2D eigenvalue weighted by atomic mass is 10.3. The molecule has 1 fully saturated rings. The van der Waals surface area contributed by atoms with Crippen molar-refractivity contribution in [2.75, 3.05) is 19.6 Å². The van der Waals surface area contributed by atoms with Crippen LogP contribution < -0.4 is 5.32 Å². The summed E-state index contributed by atoms with van der Waals surface area (Å²) in [5.74, 6) is 0.246. The van der Waals surface area contributed by atoms with Gasteiger partial charge in [-0.15, -0.1) is 0 Å². The second kappa shape index (κ2) is 3.93. The van der Waals surface area contributed by atoms with Gasteiger partial charge < -0.3 is 10.2 Å². The summed E-state index contributed by atoms with van der Waals surface area (Å²) >= 11 is 1.07. The summed E-state index contributed by atoms with van der Waals surface area (Å²) in [7, 11) is 0. The van der Waals surface area contributed by atoms with Crippen molar-refractivity contribution in [1.82, 2.24) is 19.6 Å². The van der Waals surface area contributed by atoms with Crippen LogP contribution in [0.15, 0.2) is 0 Å². The quantitative estimate of drug-likeness (QED) is 0.695. The molecule has 0 unspecified atom stereocenters. The molecule has 2 rings (SSSR count). The number of piperazine rings is 1. The topological polar surface area (TPSA) is 75.2 Å². The molecule has 0 spiro atoms. The maximum Gasteiger partial charge on any atom is 0.284 e. The second-order valence-corrected chi connectivity index (χ2v) is 3.98. The van der Waals surface area contributed by atoms with Crippen LogP contribution in [0.5, 0.6) is 0 Å². The van der Waals surface area contributed by atoms with Gasteiger partial charge in [0, 0.05) is 13.1 Å². The van der Waals surface area contributed by atoms with Crippen LogP contribution in [0.1, 0.15) is 15.6 Å². The third kappa shape index (κ3) is 2.12. The highest BCUT2D eigenvalue weighted by atomic mass is 32.1. The Labute approximate surface area is 90.5 Å². The largest absolute Gasteiger partial charge is 0.353 e. The van der Waals surface area contributed by atoms with Gasteiger partial charge in [0.1, 0.15) is 5.82 Å². The van der Waals surface area contributed by atoms with Crippen molar-refractivity contribution >= 4 is 23.3 Å². The lowest BCUT2D eigenvalue weighted by Gasteiger charge is -2.25. The molecule has 1 aliphatic rings. The smallest absolute Gasteiger partial charge is 0.284 e. The van der Waals surface area contributed by atoms with E-state index in [0.29, 0.717) is 23.9 Å². The lowest BCUT2D eigenvalue weighted by Crippen LogP contribution is -2.49. The van der Waals surface area contributed by atoms with Gasteiger partial charge in [0.05, 0.1) is 6.54 Å². The van der Waals surface area contributed by atoms with E-state index in [4.69, 9.17) is 0 Å². The zero-order chi connectivity index (χ0) is 10.8. The molecule has 80 valence electrons. The maximum atomic E-state index is 11.8. The summed E-state index contributed by atoms with van der Waals surface area (Å²) in [5.41, 5.74) is 0. The van der Waals surface area contributed by atoms with Crippen LogP contribution in [-0.4, -0.2) is 45.7 Å². The Hall–Kier alpha value is -1.50. The maximum absolute atomic E-state index is 11.8. The number of hydrogen-bond donors (Lipinski definition) is 1. The Kier molecular flexibility index (Phi) is 2.63. The Morgan fingerprint density at radius 3 is 3.00 bits per heavy atom. The van der Waals surface area contributed by atoms with Crippen molar-refractivity contribution in [1.29, 1.82) is 0 Å². The Balaban J connectivity index is 2.10. The van der Waals surface area contributed by atoms with Crippen LogP contribution >= 0.6 is 11.5 Å². The first-order chi connectivity index (χ1) is 7.16. The fraction of sp³-hybridized carbons (Fsp3) is 0.500. The molecule has 1 N–H and O–H groups in total. The summed E-state index contributed by atoms with van der Waals surface area (Å²) in [6.07, 6.45) is 0. The molecule has 0 radical (unpaired) electrons. The minimum Gasteiger partial charge on any atom is -0.353 e. The van der Waals surface area contributed by atoms with Crippen molar-refractivity contribution < 1.29 is 9.59 Å². The minimum absolute atomic E-state index is 0.109. The molecule has 0 saturated carbocycles. The monoisotopic (exact) mass is 226 g/mol. The molecule has 0 bridgehead atoms. The molecule has 7 heteroatoms. The van der Waals surface area contributed by atoms with Gasteiger partial charge in [-0.05, 0) is 18.5 Å². The summed E-state index contributed by atoms with van der Waals surface area (Å²) < 4.78 is 3.93. The highest BCUT2D eigenvalue weighted by Gasteiger charge is 2.24. The third-order valence-corrected chi connectivity index (χ3v) is 2.83. The van der Waals surface area contributed by atoms with Crippen LogP contribution in [0.25, 0.3) is 0 Å². The van der Waals surface area contributed by atoms with E-state index in [9.17, 15) is 9.59 Å². The summed E-state index contributed by atoms with van der Waals surface area (Å²) in [6, 6.07) is 0. The number of aromatic nitrogens is 2. The molecule has 15 heavy (non-hydrogen) atoms. The van der Waals surface area contributed by atoms with Crippen molar-refractivity contribution in [3.8, 4) is 0 Å². The number of rotatable bonds is 1. The van der Waals surface area contributed by atoms with E-state index in [1.807, 2.05) is 0 Å². The van der Waals surface area contributed by atoms with E-state index in [2.05, 4.69) is 14.7 Å². The molecule has 0 aliphatic carbocycles. The highest BCUT2D eigenvalue weighted by Crippen LogP contribution is 2.08. The number of hydrogen-bond acceptors (Lipinski definition) is 5. The van der Waals surface area contributed by atoms with Crippen LogP contribution in [0, 0.1) is 6.92 Å². The number of aryl methyl sites for hydroxylation is 1. The van der Waals surface area contributed by atoms with Gasteiger partial charge >= 0.3 is 0 Å². The fourth-order valence-electron chi connectivity index (χ4n) is 1.33. The van der Waals surface area contributed by atoms with Crippen molar-refractivity contribution in [2.24, 2.45) is 0 Å². The van der Waals surface area contributed by atoms with Crippen LogP contribution in [-0.2, 0) is 4.79 Å². The summed E-state index contributed by atoms with van der Waals surface area (Å²) in [6.45, 7) is 2.87. The average Bonchev–Trinajstić information content (AvgIpc) is 2.64. The van der Waals surface area contributed by atoms with E-state index in [1.165, 1.54) is 4.90 Å². The first kappa shape index (κ1) is 10.0. The number of nitrogens with zero attached hydrogens (tertiary/aromatic N) is 3. The van der Waals surface area contributed by atoms with E-state index in [-0.39, 0.29) is 18.4 Å². The highest BCUT2D eigenvalue weighted by molar-refractivity contribution is 7.07. The average molecular weight is 226 g/mol. The Morgan fingerprint density at radius 2 is 2.40 bits per heavy atom. The van der Waals surface area contributed by atoms with Crippen molar-refractivity contribution in [2.45, 2.75) is 6.92 Å². The normalized spacial score (nSPS) is 16.3. The Morgan fingerprint density at radius 1 is 1.60 bits per heavy atom. The van der Waals surface area contributed by atoms with Gasteiger partial charge in [0.25, 0.3) is 5.91 Å². The molecule has 1 aliphatic heterocycles. The summed E-state index contributed by atoms with van der Waals surface area (Å²) in [5, 5.41) is 3.01. The van der Waals surface area contributed by atoms with Gasteiger partial charge in [-0.25, -0.2) is 4.98 Å². The second-order valence-electron chi connectivity index (χ2n) is 3.22. The standard InChI is InChI=1S/C8H10N4O2S/c1-5-10-7(15-11-5)8(14)12-3-2-9-6(13)4-12/h2-4H2,1H3,(H,9,13). The summed E-state index contributed by atoms with van der Waals surface area (Å²) in [4.78, 5) is 28.4. The predicted molar refractivity (Wildman–Crippen MR) is 53.6 cm³/mol. The number of nitrogens with one attached hydrogen (secondary N) is 1. The van der Waals surface area contributed by atoms with Gasteiger partial charge in [-0.3, -0.25) is 9.59 Å². The van der Waals surface area contributed by atoms with Crippen molar-refractivity contribution in [3.63, 3.8) is 0 Å². The molecule has 0 atom stereocenters. The van der Waals surface area contributed by atoms with Crippen LogP contribution in [0.2, 0.25) is 0 Å². The molecule has 0 aromatic carbocycles. The molecular formula is C8H10N4O2S. The zero-order valence-electron chi connectivity index (χ0n) is 8.19. The van der Waals surface area contributed by atoms with Gasteiger partial charge in [0.2, 0.25) is 10.9 Å². The molecule has 1 saturated heterocycles. The fourth-order valence-corrected chi connectivity index (χ4v) is 1.97. The van der Waals surface area contributed by atoms with Crippen LogP contribution in [0.4, 0.5) is 0 Å². The van der Waals surface area contributed by atoms with Gasteiger partial charge in [-0.2, -0.15) is 4.37 Å². The third-order valence-electron chi connectivity index (χ3n) is 2.04. The first-order valence-electron chi connectivity index (χ1n) is 4.53. The van der Waals surface area contributed by atoms with Gasteiger partial charge in [-0.1, -0.05) is 0 Å². The molecule has 1 aromatic heterocycles. The number of carbonyl (C=O) groups excluding carboxylic acids is 2. The van der Waals surface area contributed by atoms with E-state index in [1.54, 1.807) is 6.92 Å². The predicted octanol–water partition coefficient (Wildman–Crippen LogP) is -0.581. The SMILES string of the molecule is Cc1nsc(C(=O)N2CCNC(=O)C2)n1. The van der Waals surface area contributed by atoms with E-state index in [0.717, 1.165) is 11.5 Å². The number of carbonyl (C=O) groups is 2. The van der Waals surface area contributed by atoms with E-state index >= 15 is 0 Å². The lowest BCUT2D eigenvalue weighted by molar-refractivity contribution is -0.123. The van der Waals surface area contributed by atoms with Crippen LogP contribution in [0.3, 0.4) is 0 Å². The zero-order valence-corrected chi connectivity index (χ0v) is 9.00. The molecule has 2 amide bonds. The number of amides is 2. The molecular weight excluding hydrogens is 216 g/mol. The molecule has 1 aromatic rings. The first-order valence-corrected chi connectivity index (χ1v) is 5.30. The van der Waals surface area contributed by atoms with Gasteiger partial charge in [0.15, 0.2) is 0 Å².